The third-order valence-electron chi connectivity index (χ3n) is 6.54. The summed E-state index contributed by atoms with van der Waals surface area (Å²) in [7, 11) is 0. The first-order chi connectivity index (χ1) is 18.2. The predicted molar refractivity (Wildman–Crippen MR) is 138 cm³/mol. The summed E-state index contributed by atoms with van der Waals surface area (Å²) in [6.07, 6.45) is 1.33. The fourth-order valence-electron chi connectivity index (χ4n) is 4.70. The van der Waals surface area contributed by atoms with Crippen LogP contribution in [0, 0.1) is 5.82 Å². The van der Waals surface area contributed by atoms with E-state index in [4.69, 9.17) is 11.6 Å². The summed E-state index contributed by atoms with van der Waals surface area (Å²) in [4.78, 5) is 19.4. The molecule has 1 aliphatic heterocycles. The largest absolute Gasteiger partial charge is 0.416 e. The van der Waals surface area contributed by atoms with Gasteiger partial charge in [-0.2, -0.15) is 13.2 Å². The first-order valence-corrected chi connectivity index (χ1v) is 12.3. The minimum absolute atomic E-state index is 0.148. The van der Waals surface area contributed by atoms with E-state index in [-0.39, 0.29) is 23.0 Å². The molecule has 2 aromatic carbocycles. The molecular weight excluding hydrogens is 520 g/mol. The van der Waals surface area contributed by atoms with Crippen molar-refractivity contribution in [3.63, 3.8) is 0 Å². The number of rotatable bonds is 5. The van der Waals surface area contributed by atoms with Gasteiger partial charge in [-0.1, -0.05) is 42.0 Å². The van der Waals surface area contributed by atoms with Gasteiger partial charge in [-0.15, -0.1) is 0 Å². The van der Waals surface area contributed by atoms with Gasteiger partial charge in [0.2, 0.25) is 0 Å². The molecule has 0 spiro atoms. The molecule has 5 nitrogen and oxygen atoms in total. The van der Waals surface area contributed by atoms with Gasteiger partial charge in [0.1, 0.15) is 11.0 Å². The van der Waals surface area contributed by atoms with E-state index in [0.29, 0.717) is 37.1 Å². The van der Waals surface area contributed by atoms with Crippen LogP contribution < -0.4 is 5.32 Å². The fraction of sp³-hybridized carbons (Fsp3) is 0.214. The molecule has 0 bridgehead atoms. The zero-order valence-electron chi connectivity index (χ0n) is 20.1. The molecule has 10 heteroatoms. The highest BCUT2D eigenvalue weighted by Gasteiger charge is 2.33. The molecule has 2 aromatic heterocycles. The standard InChI is InChI=1S/C28H23ClF4N4O/c29-26-14-19(9-11-34-26)16-35-27(38)37-24-10-13-36(12-1-2-18-3-6-21(30)7-4-18)17-23(24)22-8-5-20(15-25(22)37)28(31,32)33/h1-9,11,14-15H,10,12-13,16-17H2,(H,35,38). The smallest absolute Gasteiger partial charge is 0.333 e. The molecule has 0 fully saturated rings. The van der Waals surface area contributed by atoms with E-state index < -0.39 is 17.8 Å². The quantitative estimate of drug-likeness (QED) is 0.226. The third-order valence-corrected chi connectivity index (χ3v) is 6.74. The Balaban J connectivity index is 1.43. The number of nitrogens with zero attached hydrogens (tertiary/aromatic N) is 3. The summed E-state index contributed by atoms with van der Waals surface area (Å²) in [5, 5.41) is 3.70. The highest BCUT2D eigenvalue weighted by atomic mass is 35.5. The number of amides is 1. The Labute approximate surface area is 221 Å². The maximum absolute atomic E-state index is 13.5. The Hall–Kier alpha value is -3.69. The Kier molecular flexibility index (Phi) is 7.23. The number of pyridine rings is 1. The number of aromatic nitrogens is 2. The van der Waals surface area contributed by atoms with E-state index in [1.807, 2.05) is 12.2 Å². The lowest BCUT2D eigenvalue weighted by atomic mass is 10.0. The van der Waals surface area contributed by atoms with Crippen molar-refractivity contribution in [1.29, 1.82) is 0 Å². The van der Waals surface area contributed by atoms with Crippen molar-refractivity contribution < 1.29 is 22.4 Å². The van der Waals surface area contributed by atoms with Gasteiger partial charge in [-0.25, -0.2) is 14.2 Å². The van der Waals surface area contributed by atoms with Gasteiger partial charge >= 0.3 is 12.2 Å². The van der Waals surface area contributed by atoms with Crippen LogP contribution in [0.15, 0.2) is 66.9 Å². The summed E-state index contributed by atoms with van der Waals surface area (Å²) in [6, 6.07) is 12.5. The summed E-state index contributed by atoms with van der Waals surface area (Å²) in [5.41, 5.74) is 2.53. The summed E-state index contributed by atoms with van der Waals surface area (Å²) in [6.45, 7) is 1.84. The second kappa shape index (κ2) is 10.6. The zero-order chi connectivity index (χ0) is 26.9. The number of hydrogen-bond acceptors (Lipinski definition) is 3. The number of halogens is 5. The van der Waals surface area contributed by atoms with E-state index in [2.05, 4.69) is 15.2 Å². The molecule has 3 heterocycles. The number of carbonyl (C=O) groups excluding carboxylic acids is 1. The van der Waals surface area contributed by atoms with E-state index in [1.54, 1.807) is 24.3 Å². The molecule has 0 unspecified atom stereocenters. The Bertz CT molecular complexity index is 1510. The van der Waals surface area contributed by atoms with Gasteiger partial charge in [0.15, 0.2) is 0 Å². The molecule has 0 aliphatic carbocycles. The summed E-state index contributed by atoms with van der Waals surface area (Å²) >= 11 is 5.92. The van der Waals surface area contributed by atoms with Crippen LogP contribution in [0.4, 0.5) is 22.4 Å². The van der Waals surface area contributed by atoms with E-state index >= 15 is 0 Å². The van der Waals surface area contributed by atoms with Gasteiger partial charge in [0.05, 0.1) is 11.1 Å². The van der Waals surface area contributed by atoms with Gasteiger partial charge in [-0.3, -0.25) is 9.47 Å². The number of fused-ring (bicyclic) bond motifs is 3. The number of nitrogens with one attached hydrogen (secondary N) is 1. The molecule has 1 amide bonds. The van der Waals surface area contributed by atoms with Gasteiger partial charge in [-0.05, 0) is 53.1 Å². The number of benzene rings is 2. The first-order valence-electron chi connectivity index (χ1n) is 12.0. The molecule has 1 N–H and O–H groups in total. The van der Waals surface area contributed by atoms with Crippen LogP contribution in [-0.4, -0.2) is 33.6 Å². The highest BCUT2D eigenvalue weighted by molar-refractivity contribution is 6.29. The minimum atomic E-state index is -4.54. The predicted octanol–water partition coefficient (Wildman–Crippen LogP) is 6.68. The average molecular weight is 543 g/mol. The molecule has 0 saturated carbocycles. The Morgan fingerprint density at radius 2 is 1.89 bits per heavy atom. The fourth-order valence-corrected chi connectivity index (χ4v) is 4.90. The van der Waals surface area contributed by atoms with Crippen molar-refractivity contribution in [1.82, 2.24) is 19.8 Å². The minimum Gasteiger partial charge on any atom is -0.333 e. The molecule has 0 saturated heterocycles. The van der Waals surface area contributed by atoms with Crippen molar-refractivity contribution in [2.75, 3.05) is 13.1 Å². The van der Waals surface area contributed by atoms with Crippen molar-refractivity contribution >= 4 is 34.6 Å². The topological polar surface area (TPSA) is 50.2 Å². The first kappa shape index (κ1) is 25.9. The van der Waals surface area contributed by atoms with Gasteiger partial charge in [0, 0.05) is 49.9 Å². The molecular formula is C28H23ClF4N4O. The van der Waals surface area contributed by atoms with Crippen LogP contribution in [0.1, 0.15) is 27.9 Å². The molecule has 38 heavy (non-hydrogen) atoms. The summed E-state index contributed by atoms with van der Waals surface area (Å²) in [5.74, 6) is -0.301. The Morgan fingerprint density at radius 1 is 1.11 bits per heavy atom. The van der Waals surface area contributed by atoms with Crippen molar-refractivity contribution in [2.24, 2.45) is 0 Å². The van der Waals surface area contributed by atoms with Crippen LogP contribution in [0.2, 0.25) is 5.15 Å². The van der Waals surface area contributed by atoms with E-state index in [1.165, 1.54) is 29.0 Å². The zero-order valence-corrected chi connectivity index (χ0v) is 20.9. The van der Waals surface area contributed by atoms with Crippen LogP contribution in [0.3, 0.4) is 0 Å². The molecule has 5 rings (SSSR count). The highest BCUT2D eigenvalue weighted by Crippen LogP contribution is 2.36. The monoisotopic (exact) mass is 542 g/mol. The lowest BCUT2D eigenvalue weighted by Crippen LogP contribution is -2.34. The lowest BCUT2D eigenvalue weighted by Gasteiger charge is -2.27. The van der Waals surface area contributed by atoms with E-state index in [0.717, 1.165) is 28.8 Å². The average Bonchev–Trinajstić information content (AvgIpc) is 3.21. The molecule has 0 atom stereocenters. The third kappa shape index (κ3) is 5.58. The maximum atomic E-state index is 13.5. The normalized spacial score (nSPS) is 14.2. The second-order valence-electron chi connectivity index (χ2n) is 9.07. The van der Waals surface area contributed by atoms with Crippen molar-refractivity contribution in [3.8, 4) is 0 Å². The SMILES string of the molecule is O=C(NCc1ccnc(Cl)c1)n1c2c(c3ccc(C(F)(F)F)cc31)CN(CC=Cc1ccc(F)cc1)CC2. The Morgan fingerprint density at radius 3 is 2.63 bits per heavy atom. The van der Waals surface area contributed by atoms with Crippen LogP contribution in [0.5, 0.6) is 0 Å². The van der Waals surface area contributed by atoms with Crippen LogP contribution >= 0.6 is 11.6 Å². The van der Waals surface area contributed by atoms with Crippen molar-refractivity contribution in [2.45, 2.75) is 25.7 Å². The van der Waals surface area contributed by atoms with Crippen LogP contribution in [0.25, 0.3) is 17.0 Å². The van der Waals surface area contributed by atoms with Crippen LogP contribution in [-0.2, 0) is 25.7 Å². The molecule has 0 radical (unpaired) electrons. The summed E-state index contributed by atoms with van der Waals surface area (Å²) < 4.78 is 55.1. The van der Waals surface area contributed by atoms with Gasteiger partial charge in [0.25, 0.3) is 0 Å². The molecule has 1 aliphatic rings. The lowest BCUT2D eigenvalue weighted by molar-refractivity contribution is -0.137. The van der Waals surface area contributed by atoms with E-state index in [9.17, 15) is 22.4 Å². The second-order valence-corrected chi connectivity index (χ2v) is 9.46. The number of carbonyl (C=O) groups is 1. The molecule has 4 aromatic rings. The number of hydrogen-bond donors (Lipinski definition) is 1. The van der Waals surface area contributed by atoms with Gasteiger partial charge < -0.3 is 5.32 Å². The number of alkyl halides is 3. The van der Waals surface area contributed by atoms with Crippen molar-refractivity contribution in [3.05, 3.63) is 106 Å². The molecule has 196 valence electrons. The maximum Gasteiger partial charge on any atom is 0.416 e.